The number of aliphatic carboxylic acids is 1. The highest BCUT2D eigenvalue weighted by molar-refractivity contribution is 5.85. The maximum Gasteiger partial charge on any atom is 0.312 e. The zero-order chi connectivity index (χ0) is 11.4. The largest absolute Gasteiger partial charge is 0.481 e. The lowest BCUT2D eigenvalue weighted by Gasteiger charge is -2.29. The SMILES string of the molecule is Cl.O=C(O)[C@H](c1ccccc1)[C@@H]1CCCCN1. The Kier molecular flexibility index (Phi) is 5.45. The van der Waals surface area contributed by atoms with E-state index in [0.717, 1.165) is 31.4 Å². The fourth-order valence-electron chi connectivity index (χ4n) is 2.37. The van der Waals surface area contributed by atoms with E-state index in [1.54, 1.807) is 0 Å². The first-order chi connectivity index (χ1) is 7.79. The molecule has 0 spiro atoms. The van der Waals surface area contributed by atoms with Gasteiger partial charge in [-0.25, -0.2) is 0 Å². The molecule has 1 fully saturated rings. The lowest BCUT2D eigenvalue weighted by atomic mass is 9.86. The highest BCUT2D eigenvalue weighted by atomic mass is 35.5. The summed E-state index contributed by atoms with van der Waals surface area (Å²) in [4.78, 5) is 11.4. The van der Waals surface area contributed by atoms with Crippen molar-refractivity contribution < 1.29 is 9.90 Å². The molecule has 1 heterocycles. The summed E-state index contributed by atoms with van der Waals surface area (Å²) in [7, 11) is 0. The molecule has 0 aromatic heterocycles. The molecule has 1 aliphatic rings. The Balaban J connectivity index is 0.00000144. The zero-order valence-corrected chi connectivity index (χ0v) is 10.5. The second kappa shape index (κ2) is 6.62. The number of hydrogen-bond acceptors (Lipinski definition) is 2. The molecule has 94 valence electrons. The molecule has 1 aromatic rings. The molecule has 4 heteroatoms. The van der Waals surface area contributed by atoms with E-state index in [4.69, 9.17) is 0 Å². The van der Waals surface area contributed by atoms with Crippen molar-refractivity contribution in [1.82, 2.24) is 5.32 Å². The number of carbonyl (C=O) groups is 1. The first-order valence-electron chi connectivity index (χ1n) is 5.80. The van der Waals surface area contributed by atoms with Gasteiger partial charge >= 0.3 is 5.97 Å². The van der Waals surface area contributed by atoms with E-state index in [1.165, 1.54) is 0 Å². The van der Waals surface area contributed by atoms with Crippen LogP contribution in [-0.4, -0.2) is 23.7 Å². The minimum absolute atomic E-state index is 0. The summed E-state index contributed by atoms with van der Waals surface area (Å²) in [5, 5.41) is 12.7. The fourth-order valence-corrected chi connectivity index (χ4v) is 2.37. The molecule has 1 aromatic carbocycles. The normalized spacial score (nSPS) is 21.3. The van der Waals surface area contributed by atoms with E-state index in [1.807, 2.05) is 30.3 Å². The van der Waals surface area contributed by atoms with Gasteiger partial charge in [-0.1, -0.05) is 36.8 Å². The first kappa shape index (κ1) is 14.0. The number of carboxylic acid groups (broad SMARTS) is 1. The molecule has 2 rings (SSSR count). The van der Waals surface area contributed by atoms with Gasteiger partial charge in [-0.2, -0.15) is 0 Å². The summed E-state index contributed by atoms with van der Waals surface area (Å²) < 4.78 is 0. The summed E-state index contributed by atoms with van der Waals surface area (Å²) in [6.07, 6.45) is 3.22. The Morgan fingerprint density at radius 2 is 2.00 bits per heavy atom. The Morgan fingerprint density at radius 3 is 2.53 bits per heavy atom. The summed E-state index contributed by atoms with van der Waals surface area (Å²) in [5.74, 6) is -1.15. The number of hydrogen-bond donors (Lipinski definition) is 2. The van der Waals surface area contributed by atoms with Crippen molar-refractivity contribution >= 4 is 18.4 Å². The molecule has 0 unspecified atom stereocenters. The molecule has 2 atom stereocenters. The predicted octanol–water partition coefficient (Wildman–Crippen LogP) is 2.42. The van der Waals surface area contributed by atoms with Crippen molar-refractivity contribution in [1.29, 1.82) is 0 Å². The van der Waals surface area contributed by atoms with Crippen molar-refractivity contribution in [2.24, 2.45) is 0 Å². The molecular weight excluding hydrogens is 238 g/mol. The lowest BCUT2D eigenvalue weighted by Crippen LogP contribution is -2.41. The summed E-state index contributed by atoms with van der Waals surface area (Å²) in [5.41, 5.74) is 0.898. The molecule has 0 saturated carbocycles. The van der Waals surface area contributed by atoms with Crippen LogP contribution < -0.4 is 5.32 Å². The van der Waals surface area contributed by atoms with Crippen molar-refractivity contribution in [3.05, 3.63) is 35.9 Å². The Labute approximate surface area is 108 Å². The Hall–Kier alpha value is -1.06. The van der Waals surface area contributed by atoms with Crippen LogP contribution in [0.2, 0.25) is 0 Å². The smallest absolute Gasteiger partial charge is 0.312 e. The quantitative estimate of drug-likeness (QED) is 0.872. The predicted molar refractivity (Wildman–Crippen MR) is 69.7 cm³/mol. The van der Waals surface area contributed by atoms with Gasteiger partial charge in [0.25, 0.3) is 0 Å². The second-order valence-electron chi connectivity index (χ2n) is 4.28. The summed E-state index contributed by atoms with van der Waals surface area (Å²) in [6.45, 7) is 0.932. The van der Waals surface area contributed by atoms with E-state index < -0.39 is 11.9 Å². The molecule has 0 aliphatic carbocycles. The lowest BCUT2D eigenvalue weighted by molar-refractivity contribution is -0.139. The number of halogens is 1. The number of benzene rings is 1. The molecule has 3 nitrogen and oxygen atoms in total. The molecular formula is C13H18ClNO2. The van der Waals surface area contributed by atoms with E-state index >= 15 is 0 Å². The van der Waals surface area contributed by atoms with Crippen molar-refractivity contribution in [2.75, 3.05) is 6.54 Å². The first-order valence-corrected chi connectivity index (χ1v) is 5.80. The minimum Gasteiger partial charge on any atom is -0.481 e. The zero-order valence-electron chi connectivity index (χ0n) is 9.63. The molecule has 1 saturated heterocycles. The molecule has 0 bridgehead atoms. The van der Waals surface area contributed by atoms with E-state index in [0.29, 0.717) is 0 Å². The average Bonchev–Trinajstić information content (AvgIpc) is 2.31. The molecule has 0 radical (unpaired) electrons. The highest BCUT2D eigenvalue weighted by Gasteiger charge is 2.30. The van der Waals surface area contributed by atoms with Gasteiger partial charge in [0.2, 0.25) is 0 Å². The number of carboxylic acids is 1. The van der Waals surface area contributed by atoms with Gasteiger partial charge in [-0.3, -0.25) is 4.79 Å². The van der Waals surface area contributed by atoms with Crippen LogP contribution >= 0.6 is 12.4 Å². The molecule has 1 aliphatic heterocycles. The third-order valence-corrected chi connectivity index (χ3v) is 3.18. The van der Waals surface area contributed by atoms with Crippen LogP contribution in [0.25, 0.3) is 0 Å². The fraction of sp³-hybridized carbons (Fsp3) is 0.462. The highest BCUT2D eigenvalue weighted by Crippen LogP contribution is 2.25. The van der Waals surface area contributed by atoms with Gasteiger partial charge in [0.1, 0.15) is 0 Å². The van der Waals surface area contributed by atoms with Gasteiger partial charge < -0.3 is 10.4 Å². The maximum absolute atomic E-state index is 11.4. The molecule has 2 N–H and O–H groups in total. The second-order valence-corrected chi connectivity index (χ2v) is 4.28. The van der Waals surface area contributed by atoms with Gasteiger partial charge in [-0.15, -0.1) is 12.4 Å². The summed E-state index contributed by atoms with van der Waals surface area (Å²) >= 11 is 0. The van der Waals surface area contributed by atoms with E-state index in [2.05, 4.69) is 5.32 Å². The topological polar surface area (TPSA) is 49.3 Å². The number of piperidine rings is 1. The van der Waals surface area contributed by atoms with Crippen LogP contribution in [0.3, 0.4) is 0 Å². The molecule has 0 amide bonds. The van der Waals surface area contributed by atoms with Gasteiger partial charge in [0.05, 0.1) is 5.92 Å². The number of rotatable bonds is 3. The van der Waals surface area contributed by atoms with Crippen LogP contribution in [0, 0.1) is 0 Å². The van der Waals surface area contributed by atoms with Crippen molar-refractivity contribution in [3.8, 4) is 0 Å². The summed E-state index contributed by atoms with van der Waals surface area (Å²) in [6, 6.07) is 9.58. The van der Waals surface area contributed by atoms with E-state index in [9.17, 15) is 9.90 Å². The minimum atomic E-state index is -0.731. The standard InChI is InChI=1S/C13H17NO2.ClH/c15-13(16)12(10-6-2-1-3-7-10)11-8-4-5-9-14-11;/h1-3,6-7,11-12,14H,4-5,8-9H2,(H,15,16);1H/t11-,12+;/m0./s1. The maximum atomic E-state index is 11.4. The number of nitrogens with one attached hydrogen (secondary N) is 1. The molecule has 17 heavy (non-hydrogen) atoms. The third kappa shape index (κ3) is 3.45. The van der Waals surface area contributed by atoms with Crippen LogP contribution in [0.1, 0.15) is 30.7 Å². The van der Waals surface area contributed by atoms with Crippen LogP contribution in [-0.2, 0) is 4.79 Å². The van der Waals surface area contributed by atoms with Crippen LogP contribution in [0.15, 0.2) is 30.3 Å². The van der Waals surface area contributed by atoms with Gasteiger partial charge in [0, 0.05) is 6.04 Å². The Morgan fingerprint density at radius 1 is 1.29 bits per heavy atom. The van der Waals surface area contributed by atoms with Crippen molar-refractivity contribution in [3.63, 3.8) is 0 Å². The van der Waals surface area contributed by atoms with Gasteiger partial charge in [-0.05, 0) is 24.9 Å². The van der Waals surface area contributed by atoms with Crippen molar-refractivity contribution in [2.45, 2.75) is 31.2 Å². The van der Waals surface area contributed by atoms with Crippen LogP contribution in [0.5, 0.6) is 0 Å². The van der Waals surface area contributed by atoms with E-state index in [-0.39, 0.29) is 18.4 Å². The van der Waals surface area contributed by atoms with Gasteiger partial charge in [0.15, 0.2) is 0 Å². The Bertz CT molecular complexity index is 350. The third-order valence-electron chi connectivity index (χ3n) is 3.18. The average molecular weight is 256 g/mol. The monoisotopic (exact) mass is 255 g/mol. The van der Waals surface area contributed by atoms with Crippen LogP contribution in [0.4, 0.5) is 0 Å².